The predicted molar refractivity (Wildman–Crippen MR) is 64.3 cm³/mol. The van der Waals surface area contributed by atoms with Crippen LogP contribution in [0.3, 0.4) is 0 Å². The van der Waals surface area contributed by atoms with Gasteiger partial charge < -0.3 is 15.5 Å². The van der Waals surface area contributed by atoms with Crippen LogP contribution in [-0.4, -0.2) is 45.0 Å². The van der Waals surface area contributed by atoms with E-state index in [0.29, 0.717) is 25.4 Å². The standard InChI is InChI=1S/C11H22N4O2/c1-10(3-6-17)7-12-8-11-9-15(14-13-11)4-2-5-16/h9-10,12,16-17H,2-8H2,1H3. The maximum atomic E-state index is 8.76. The summed E-state index contributed by atoms with van der Waals surface area (Å²) >= 11 is 0. The van der Waals surface area contributed by atoms with Crippen molar-refractivity contribution in [3.05, 3.63) is 11.9 Å². The molecule has 0 aliphatic heterocycles. The van der Waals surface area contributed by atoms with Crippen molar-refractivity contribution in [1.82, 2.24) is 20.3 Å². The molecule has 1 rings (SSSR count). The van der Waals surface area contributed by atoms with Gasteiger partial charge in [-0.1, -0.05) is 12.1 Å². The Morgan fingerprint density at radius 3 is 2.94 bits per heavy atom. The van der Waals surface area contributed by atoms with E-state index in [1.54, 1.807) is 4.68 Å². The third-order valence-corrected chi connectivity index (χ3v) is 2.55. The normalized spacial score (nSPS) is 12.9. The molecule has 0 aliphatic rings. The van der Waals surface area contributed by atoms with Crippen LogP contribution in [-0.2, 0) is 13.1 Å². The molecule has 0 saturated carbocycles. The zero-order valence-corrected chi connectivity index (χ0v) is 10.3. The highest BCUT2D eigenvalue weighted by Gasteiger charge is 2.03. The van der Waals surface area contributed by atoms with Gasteiger partial charge in [0.15, 0.2) is 0 Å². The van der Waals surface area contributed by atoms with Gasteiger partial charge in [-0.25, -0.2) is 0 Å². The monoisotopic (exact) mass is 242 g/mol. The first-order chi connectivity index (χ1) is 8.26. The molecule has 0 fully saturated rings. The molecule has 98 valence electrons. The van der Waals surface area contributed by atoms with Gasteiger partial charge in [-0.05, 0) is 25.3 Å². The zero-order chi connectivity index (χ0) is 12.5. The first kappa shape index (κ1) is 14.1. The Morgan fingerprint density at radius 2 is 2.24 bits per heavy atom. The van der Waals surface area contributed by atoms with E-state index in [9.17, 15) is 0 Å². The number of aromatic nitrogens is 3. The molecule has 1 aromatic heterocycles. The topological polar surface area (TPSA) is 83.2 Å². The summed E-state index contributed by atoms with van der Waals surface area (Å²) in [6.07, 6.45) is 3.40. The Morgan fingerprint density at radius 1 is 1.41 bits per heavy atom. The van der Waals surface area contributed by atoms with Crippen LogP contribution in [0.4, 0.5) is 0 Å². The molecular weight excluding hydrogens is 220 g/mol. The second-order valence-corrected chi connectivity index (χ2v) is 4.30. The average molecular weight is 242 g/mol. The highest BCUT2D eigenvalue weighted by molar-refractivity contribution is 4.91. The zero-order valence-electron chi connectivity index (χ0n) is 10.3. The molecule has 0 aliphatic carbocycles. The maximum absolute atomic E-state index is 8.76. The first-order valence-electron chi connectivity index (χ1n) is 6.07. The van der Waals surface area contributed by atoms with Crippen molar-refractivity contribution in [3.8, 4) is 0 Å². The molecule has 0 radical (unpaired) electrons. The number of aliphatic hydroxyl groups is 2. The quantitative estimate of drug-likeness (QED) is 0.557. The Kier molecular flexibility index (Phi) is 6.76. The van der Waals surface area contributed by atoms with Gasteiger partial charge in [-0.3, -0.25) is 4.68 Å². The van der Waals surface area contributed by atoms with Gasteiger partial charge in [-0.2, -0.15) is 0 Å². The number of nitrogens with zero attached hydrogens (tertiary/aromatic N) is 3. The minimum atomic E-state index is 0.173. The number of rotatable bonds is 9. The van der Waals surface area contributed by atoms with Crippen LogP contribution in [0.25, 0.3) is 0 Å². The molecule has 1 unspecified atom stereocenters. The second kappa shape index (κ2) is 8.16. The molecule has 6 nitrogen and oxygen atoms in total. The van der Waals surface area contributed by atoms with Gasteiger partial charge in [-0.15, -0.1) is 5.10 Å². The Hall–Kier alpha value is -0.980. The number of hydrogen-bond donors (Lipinski definition) is 3. The summed E-state index contributed by atoms with van der Waals surface area (Å²) in [5, 5.41) is 28.7. The lowest BCUT2D eigenvalue weighted by molar-refractivity contribution is 0.260. The first-order valence-corrected chi connectivity index (χ1v) is 6.07. The van der Waals surface area contributed by atoms with Crippen LogP contribution in [0.5, 0.6) is 0 Å². The van der Waals surface area contributed by atoms with Crippen LogP contribution >= 0.6 is 0 Å². The minimum absolute atomic E-state index is 0.173. The summed E-state index contributed by atoms with van der Waals surface area (Å²) in [5.41, 5.74) is 0.902. The van der Waals surface area contributed by atoms with E-state index < -0.39 is 0 Å². The maximum Gasteiger partial charge on any atom is 0.0964 e. The highest BCUT2D eigenvalue weighted by Crippen LogP contribution is 1.99. The van der Waals surface area contributed by atoms with Gasteiger partial charge in [0.05, 0.1) is 5.69 Å². The fourth-order valence-corrected chi connectivity index (χ4v) is 1.53. The molecule has 0 saturated heterocycles. The van der Waals surface area contributed by atoms with Crippen LogP contribution in [0, 0.1) is 5.92 Å². The van der Waals surface area contributed by atoms with Crippen molar-refractivity contribution in [2.45, 2.75) is 32.9 Å². The third kappa shape index (κ3) is 5.76. The minimum Gasteiger partial charge on any atom is -0.396 e. The molecule has 0 amide bonds. The molecule has 3 N–H and O–H groups in total. The number of nitrogens with one attached hydrogen (secondary N) is 1. The van der Waals surface area contributed by atoms with Crippen LogP contribution in [0.1, 0.15) is 25.5 Å². The van der Waals surface area contributed by atoms with E-state index in [0.717, 1.165) is 18.7 Å². The van der Waals surface area contributed by atoms with Gasteiger partial charge in [0.2, 0.25) is 0 Å². The molecule has 17 heavy (non-hydrogen) atoms. The van der Waals surface area contributed by atoms with E-state index in [4.69, 9.17) is 10.2 Å². The van der Waals surface area contributed by atoms with Crippen LogP contribution in [0.15, 0.2) is 6.20 Å². The number of aryl methyl sites for hydroxylation is 1. The SMILES string of the molecule is CC(CCO)CNCc1cn(CCCO)nn1. The van der Waals surface area contributed by atoms with E-state index in [2.05, 4.69) is 22.6 Å². The summed E-state index contributed by atoms with van der Waals surface area (Å²) < 4.78 is 1.74. The largest absolute Gasteiger partial charge is 0.396 e. The number of aliphatic hydroxyl groups excluding tert-OH is 2. The molecule has 1 aromatic rings. The summed E-state index contributed by atoms with van der Waals surface area (Å²) in [5.74, 6) is 0.462. The van der Waals surface area contributed by atoms with Crippen molar-refractivity contribution < 1.29 is 10.2 Å². The van der Waals surface area contributed by atoms with Crippen molar-refractivity contribution >= 4 is 0 Å². The van der Waals surface area contributed by atoms with E-state index in [1.807, 2.05) is 6.20 Å². The lowest BCUT2D eigenvalue weighted by atomic mass is 10.1. The van der Waals surface area contributed by atoms with Crippen LogP contribution < -0.4 is 5.32 Å². The van der Waals surface area contributed by atoms with Crippen molar-refractivity contribution in [2.75, 3.05) is 19.8 Å². The van der Waals surface area contributed by atoms with E-state index in [1.165, 1.54) is 0 Å². The fourth-order valence-electron chi connectivity index (χ4n) is 1.53. The van der Waals surface area contributed by atoms with Gasteiger partial charge in [0.25, 0.3) is 0 Å². The molecule has 0 spiro atoms. The van der Waals surface area contributed by atoms with Gasteiger partial charge in [0, 0.05) is 32.5 Å². The van der Waals surface area contributed by atoms with E-state index >= 15 is 0 Å². The molecule has 0 bridgehead atoms. The van der Waals surface area contributed by atoms with Crippen molar-refractivity contribution in [3.63, 3.8) is 0 Å². The molecule has 6 heteroatoms. The van der Waals surface area contributed by atoms with Gasteiger partial charge in [0.1, 0.15) is 0 Å². The Bertz CT molecular complexity index is 303. The predicted octanol–water partition coefficient (Wildman–Crippen LogP) is -0.231. The van der Waals surface area contributed by atoms with E-state index in [-0.39, 0.29) is 13.2 Å². The highest BCUT2D eigenvalue weighted by atomic mass is 16.3. The molecular formula is C11H22N4O2. The van der Waals surface area contributed by atoms with Crippen molar-refractivity contribution in [2.24, 2.45) is 5.92 Å². The molecule has 0 aromatic carbocycles. The molecule has 1 heterocycles. The Balaban J connectivity index is 2.20. The number of hydrogen-bond acceptors (Lipinski definition) is 5. The third-order valence-electron chi connectivity index (χ3n) is 2.55. The lowest BCUT2D eigenvalue weighted by Crippen LogP contribution is -2.21. The van der Waals surface area contributed by atoms with Gasteiger partial charge >= 0.3 is 0 Å². The average Bonchev–Trinajstić information content (AvgIpc) is 2.75. The molecule has 1 atom stereocenters. The second-order valence-electron chi connectivity index (χ2n) is 4.30. The van der Waals surface area contributed by atoms with Crippen molar-refractivity contribution in [1.29, 1.82) is 0 Å². The summed E-state index contributed by atoms with van der Waals surface area (Å²) in [6.45, 7) is 4.76. The summed E-state index contributed by atoms with van der Waals surface area (Å²) in [4.78, 5) is 0. The lowest BCUT2D eigenvalue weighted by Gasteiger charge is -2.09. The Labute approximate surface area is 102 Å². The summed E-state index contributed by atoms with van der Waals surface area (Å²) in [6, 6.07) is 0. The van der Waals surface area contributed by atoms with Crippen LogP contribution in [0.2, 0.25) is 0 Å². The smallest absolute Gasteiger partial charge is 0.0964 e. The fraction of sp³-hybridized carbons (Fsp3) is 0.818. The summed E-state index contributed by atoms with van der Waals surface area (Å²) in [7, 11) is 0.